The molecule has 0 aromatic heterocycles. The second-order valence-corrected chi connectivity index (χ2v) is 4.86. The van der Waals surface area contributed by atoms with Crippen LogP contribution >= 0.6 is 0 Å². The molecule has 4 atom stereocenters. The van der Waals surface area contributed by atoms with Crippen molar-refractivity contribution in [3.63, 3.8) is 0 Å². The van der Waals surface area contributed by atoms with Crippen LogP contribution in [0.25, 0.3) is 0 Å². The van der Waals surface area contributed by atoms with Crippen LogP contribution in [0.1, 0.15) is 26.2 Å². The van der Waals surface area contributed by atoms with Gasteiger partial charge in [0.15, 0.2) is 0 Å². The molecule has 4 heteroatoms. The summed E-state index contributed by atoms with van der Waals surface area (Å²) in [5, 5.41) is 9.18. The molecule has 0 aromatic carbocycles. The van der Waals surface area contributed by atoms with Gasteiger partial charge in [-0.05, 0) is 24.7 Å². The number of allylic oxidation sites excluding steroid dienone is 2. The number of fused-ring (bicyclic) bond motifs is 2. The third kappa shape index (κ3) is 2.21. The van der Waals surface area contributed by atoms with Crippen LogP contribution in [0.15, 0.2) is 12.2 Å². The zero-order valence-electron chi connectivity index (χ0n) is 9.96. The first-order valence-corrected chi connectivity index (χ1v) is 6.23. The minimum absolute atomic E-state index is 0.0150. The van der Waals surface area contributed by atoms with E-state index in [1.54, 1.807) is 0 Å². The van der Waals surface area contributed by atoms with Crippen molar-refractivity contribution in [2.24, 2.45) is 23.7 Å². The minimum atomic E-state index is -0.876. The molecule has 0 amide bonds. The lowest BCUT2D eigenvalue weighted by Gasteiger charge is -2.22. The molecule has 0 aliphatic heterocycles. The van der Waals surface area contributed by atoms with E-state index in [2.05, 4.69) is 0 Å². The lowest BCUT2D eigenvalue weighted by Crippen LogP contribution is -2.34. The van der Waals surface area contributed by atoms with Crippen molar-refractivity contribution >= 4 is 11.9 Å². The number of rotatable bonds is 5. The van der Waals surface area contributed by atoms with Crippen molar-refractivity contribution in [1.29, 1.82) is 0 Å². The molecule has 0 saturated heterocycles. The van der Waals surface area contributed by atoms with Gasteiger partial charge in [0.2, 0.25) is 0 Å². The molecule has 2 aliphatic carbocycles. The molecular weight excluding hydrogens is 220 g/mol. The molecule has 4 nitrogen and oxygen atoms in total. The van der Waals surface area contributed by atoms with E-state index in [0.717, 1.165) is 19.3 Å². The average Bonchev–Trinajstić information content (AvgIpc) is 2.88. The van der Waals surface area contributed by atoms with E-state index in [1.807, 2.05) is 19.1 Å². The molecule has 0 heterocycles. The normalized spacial score (nSPS) is 33.9. The van der Waals surface area contributed by atoms with Crippen molar-refractivity contribution in [3.8, 4) is 0 Å². The van der Waals surface area contributed by atoms with Crippen molar-refractivity contribution in [3.05, 3.63) is 12.2 Å². The summed E-state index contributed by atoms with van der Waals surface area (Å²) < 4.78 is 5.16. The molecule has 1 fully saturated rings. The Labute approximate surface area is 101 Å². The smallest absolute Gasteiger partial charge is 0.310 e. The van der Waals surface area contributed by atoms with Crippen LogP contribution in [0.5, 0.6) is 0 Å². The number of unbranched alkanes of at least 4 members (excludes halogenated alkanes) is 1. The third-order valence-electron chi connectivity index (χ3n) is 3.76. The number of hydrogen-bond donors (Lipinski definition) is 1. The van der Waals surface area contributed by atoms with Crippen LogP contribution in [-0.2, 0) is 14.3 Å². The topological polar surface area (TPSA) is 63.6 Å². The van der Waals surface area contributed by atoms with E-state index in [-0.39, 0.29) is 17.8 Å². The highest BCUT2D eigenvalue weighted by Gasteiger charge is 2.52. The fourth-order valence-electron chi connectivity index (χ4n) is 2.89. The number of hydrogen-bond acceptors (Lipinski definition) is 3. The molecule has 0 aromatic rings. The zero-order chi connectivity index (χ0) is 12.4. The predicted octanol–water partition coefficient (Wildman–Crippen LogP) is 1.85. The number of ether oxygens (including phenoxy) is 1. The van der Waals surface area contributed by atoms with Crippen LogP contribution in [0.3, 0.4) is 0 Å². The van der Waals surface area contributed by atoms with E-state index >= 15 is 0 Å². The fourth-order valence-corrected chi connectivity index (χ4v) is 2.89. The van der Waals surface area contributed by atoms with Crippen LogP contribution in [0.2, 0.25) is 0 Å². The molecular formula is C13H18O4. The number of carbonyl (C=O) groups is 2. The first-order valence-electron chi connectivity index (χ1n) is 6.23. The Morgan fingerprint density at radius 1 is 1.29 bits per heavy atom. The van der Waals surface area contributed by atoms with Gasteiger partial charge in [-0.3, -0.25) is 9.59 Å². The first kappa shape index (κ1) is 12.1. The summed E-state index contributed by atoms with van der Waals surface area (Å²) in [6, 6.07) is 0. The first-order chi connectivity index (χ1) is 8.15. The Morgan fingerprint density at radius 3 is 2.53 bits per heavy atom. The van der Waals surface area contributed by atoms with E-state index in [4.69, 9.17) is 4.74 Å². The van der Waals surface area contributed by atoms with Gasteiger partial charge in [0, 0.05) is 0 Å². The van der Waals surface area contributed by atoms with Crippen LogP contribution < -0.4 is 0 Å². The average molecular weight is 238 g/mol. The lowest BCUT2D eigenvalue weighted by atomic mass is 9.83. The van der Waals surface area contributed by atoms with Crippen LogP contribution in [0.4, 0.5) is 0 Å². The van der Waals surface area contributed by atoms with Crippen LogP contribution in [0, 0.1) is 23.7 Å². The summed E-state index contributed by atoms with van der Waals surface area (Å²) in [4.78, 5) is 23.1. The monoisotopic (exact) mass is 238 g/mol. The second kappa shape index (κ2) is 4.90. The second-order valence-electron chi connectivity index (χ2n) is 4.86. The number of aliphatic carboxylic acids is 1. The number of carboxylic acid groups (broad SMARTS) is 1. The Morgan fingerprint density at radius 2 is 1.94 bits per heavy atom. The Bertz CT molecular complexity index is 347. The SMILES string of the molecule is CCCCOC(=O)[C@@H]1[C@@H](C(=O)O)[C@H]2C=C[C@@H]1C2. The highest BCUT2D eigenvalue weighted by Crippen LogP contribution is 2.48. The Balaban J connectivity index is 2.01. The molecule has 1 N–H and O–H groups in total. The number of carbonyl (C=O) groups excluding carboxylic acids is 1. The largest absolute Gasteiger partial charge is 0.481 e. The van der Waals surface area contributed by atoms with Gasteiger partial charge in [-0.15, -0.1) is 0 Å². The van der Waals surface area contributed by atoms with E-state index < -0.39 is 17.8 Å². The Kier molecular flexibility index (Phi) is 3.50. The summed E-state index contributed by atoms with van der Waals surface area (Å²) in [6.45, 7) is 2.42. The predicted molar refractivity (Wildman–Crippen MR) is 61.2 cm³/mol. The maximum atomic E-state index is 11.9. The lowest BCUT2D eigenvalue weighted by molar-refractivity contribution is -0.158. The quantitative estimate of drug-likeness (QED) is 0.451. The van der Waals surface area contributed by atoms with Crippen LogP contribution in [-0.4, -0.2) is 23.7 Å². The van der Waals surface area contributed by atoms with E-state index in [1.165, 1.54) is 0 Å². The molecule has 0 spiro atoms. The molecule has 0 unspecified atom stereocenters. The molecule has 1 saturated carbocycles. The highest BCUT2D eigenvalue weighted by atomic mass is 16.5. The maximum absolute atomic E-state index is 11.9. The molecule has 2 bridgehead atoms. The summed E-state index contributed by atoms with van der Waals surface area (Å²) >= 11 is 0. The molecule has 2 aliphatic rings. The van der Waals surface area contributed by atoms with Gasteiger partial charge < -0.3 is 9.84 Å². The summed E-state index contributed by atoms with van der Waals surface area (Å²) in [7, 11) is 0. The van der Waals surface area contributed by atoms with Gasteiger partial charge in [0.1, 0.15) is 0 Å². The molecule has 0 radical (unpaired) electrons. The number of esters is 1. The van der Waals surface area contributed by atoms with Gasteiger partial charge in [-0.25, -0.2) is 0 Å². The van der Waals surface area contributed by atoms with E-state index in [0.29, 0.717) is 6.61 Å². The van der Waals surface area contributed by atoms with E-state index in [9.17, 15) is 14.7 Å². The van der Waals surface area contributed by atoms with Gasteiger partial charge >= 0.3 is 11.9 Å². The summed E-state index contributed by atoms with van der Waals surface area (Å²) in [6.07, 6.45) is 6.48. The minimum Gasteiger partial charge on any atom is -0.481 e. The summed E-state index contributed by atoms with van der Waals surface area (Å²) in [5.41, 5.74) is 0. The van der Waals surface area contributed by atoms with Crippen molar-refractivity contribution in [2.75, 3.05) is 6.61 Å². The van der Waals surface area contributed by atoms with Crippen molar-refractivity contribution in [2.45, 2.75) is 26.2 Å². The van der Waals surface area contributed by atoms with Gasteiger partial charge in [-0.1, -0.05) is 25.5 Å². The van der Waals surface area contributed by atoms with Gasteiger partial charge in [0.05, 0.1) is 18.4 Å². The van der Waals surface area contributed by atoms with Crippen molar-refractivity contribution < 1.29 is 19.4 Å². The fraction of sp³-hybridized carbons (Fsp3) is 0.692. The maximum Gasteiger partial charge on any atom is 0.310 e. The molecule has 94 valence electrons. The molecule has 17 heavy (non-hydrogen) atoms. The summed E-state index contributed by atoms with van der Waals surface area (Å²) in [5.74, 6) is -2.18. The highest BCUT2D eigenvalue weighted by molar-refractivity contribution is 5.83. The third-order valence-corrected chi connectivity index (χ3v) is 3.76. The zero-order valence-corrected chi connectivity index (χ0v) is 9.96. The van der Waals surface area contributed by atoms with Crippen molar-refractivity contribution in [1.82, 2.24) is 0 Å². The van der Waals surface area contributed by atoms with Gasteiger partial charge in [-0.2, -0.15) is 0 Å². The number of carboxylic acids is 1. The van der Waals surface area contributed by atoms with Gasteiger partial charge in [0.25, 0.3) is 0 Å². The standard InChI is InChI=1S/C13H18O4/c1-2-3-6-17-13(16)11-9-5-4-8(7-9)10(11)12(14)15/h4-5,8-11H,2-3,6-7H2,1H3,(H,14,15)/t8-,9+,10-,11-/m0/s1. The Hall–Kier alpha value is -1.32. The molecule has 2 rings (SSSR count).